The molecule has 0 radical (unpaired) electrons. The van der Waals surface area contributed by atoms with Crippen molar-refractivity contribution in [2.45, 2.75) is 19.4 Å². The quantitative estimate of drug-likeness (QED) is 0.817. The lowest BCUT2D eigenvalue weighted by Gasteiger charge is -2.24. The normalized spacial score (nSPS) is 11.8. The number of methoxy groups -OCH3 is 2. The van der Waals surface area contributed by atoms with Crippen LogP contribution in [0.1, 0.15) is 23.4 Å². The third kappa shape index (κ3) is 3.60. The molecule has 2 aromatic rings. The highest BCUT2D eigenvalue weighted by atomic mass is 32.1. The highest BCUT2D eigenvalue weighted by Crippen LogP contribution is 2.27. The minimum absolute atomic E-state index is 0.0486. The number of likely N-dealkylation sites (N-methyl/N-ethyl adjacent to an activating group) is 1. The smallest absolute Gasteiger partial charge is 0.227 e. The number of amides is 1. The molecule has 0 aliphatic carbocycles. The van der Waals surface area contributed by atoms with Crippen molar-refractivity contribution in [3.05, 3.63) is 46.2 Å². The van der Waals surface area contributed by atoms with Crippen LogP contribution in [-0.4, -0.2) is 32.1 Å². The zero-order valence-corrected chi connectivity index (χ0v) is 14.1. The molecule has 0 saturated heterocycles. The average molecular weight is 319 g/mol. The maximum absolute atomic E-state index is 12.6. The molecular weight excluding hydrogens is 298 g/mol. The van der Waals surface area contributed by atoms with E-state index >= 15 is 0 Å². The molecule has 0 bridgehead atoms. The number of rotatable bonds is 6. The maximum atomic E-state index is 12.6. The zero-order valence-electron chi connectivity index (χ0n) is 13.3. The Hall–Kier alpha value is -2.01. The Morgan fingerprint density at radius 2 is 2.05 bits per heavy atom. The Morgan fingerprint density at radius 3 is 2.64 bits per heavy atom. The number of ether oxygens (including phenoxy) is 2. The van der Waals surface area contributed by atoms with E-state index in [0.717, 1.165) is 11.3 Å². The van der Waals surface area contributed by atoms with Crippen LogP contribution in [0.2, 0.25) is 0 Å². The first kappa shape index (κ1) is 16.4. The molecule has 0 N–H and O–H groups in total. The zero-order chi connectivity index (χ0) is 16.1. The van der Waals surface area contributed by atoms with Crippen LogP contribution < -0.4 is 9.47 Å². The lowest BCUT2D eigenvalue weighted by Crippen LogP contribution is -2.30. The summed E-state index contributed by atoms with van der Waals surface area (Å²) >= 11 is 1.66. The van der Waals surface area contributed by atoms with Crippen LogP contribution in [0.3, 0.4) is 0 Å². The van der Waals surface area contributed by atoms with Gasteiger partial charge in [-0.1, -0.05) is 6.07 Å². The molecule has 5 heteroatoms. The van der Waals surface area contributed by atoms with Gasteiger partial charge < -0.3 is 14.4 Å². The van der Waals surface area contributed by atoms with Crippen LogP contribution in [0.15, 0.2) is 35.7 Å². The van der Waals surface area contributed by atoms with Crippen LogP contribution in [0.4, 0.5) is 0 Å². The molecule has 0 spiro atoms. The largest absolute Gasteiger partial charge is 0.497 e. The van der Waals surface area contributed by atoms with Gasteiger partial charge in [0.25, 0.3) is 0 Å². The van der Waals surface area contributed by atoms with Crippen molar-refractivity contribution in [2.24, 2.45) is 0 Å². The second-order valence-electron chi connectivity index (χ2n) is 5.05. The lowest BCUT2D eigenvalue weighted by molar-refractivity contribution is -0.131. The molecule has 1 amide bonds. The summed E-state index contributed by atoms with van der Waals surface area (Å²) in [5.41, 5.74) is 0.831. The number of carbonyl (C=O) groups excluding carboxylic acids is 1. The van der Waals surface area contributed by atoms with Gasteiger partial charge in [-0.05, 0) is 36.6 Å². The second-order valence-corrected chi connectivity index (χ2v) is 6.03. The summed E-state index contributed by atoms with van der Waals surface area (Å²) in [6, 6.07) is 9.60. The molecule has 1 unspecified atom stereocenters. The van der Waals surface area contributed by atoms with Crippen molar-refractivity contribution in [2.75, 3.05) is 21.3 Å². The van der Waals surface area contributed by atoms with Crippen molar-refractivity contribution >= 4 is 17.2 Å². The molecule has 4 nitrogen and oxygen atoms in total. The summed E-state index contributed by atoms with van der Waals surface area (Å²) < 4.78 is 10.6. The van der Waals surface area contributed by atoms with Crippen molar-refractivity contribution < 1.29 is 14.3 Å². The molecule has 1 heterocycles. The van der Waals surface area contributed by atoms with Crippen molar-refractivity contribution in [1.29, 1.82) is 0 Å². The monoisotopic (exact) mass is 319 g/mol. The molecule has 1 aromatic carbocycles. The van der Waals surface area contributed by atoms with Crippen LogP contribution in [0.25, 0.3) is 0 Å². The van der Waals surface area contributed by atoms with Crippen LogP contribution in [0, 0.1) is 0 Å². The minimum atomic E-state index is 0.0486. The van der Waals surface area contributed by atoms with E-state index in [-0.39, 0.29) is 18.4 Å². The predicted octanol–water partition coefficient (Wildman–Crippen LogP) is 3.53. The molecule has 0 aliphatic heterocycles. The fraction of sp³-hybridized carbons (Fsp3) is 0.353. The van der Waals surface area contributed by atoms with E-state index in [1.165, 1.54) is 4.88 Å². The fourth-order valence-electron chi connectivity index (χ4n) is 2.24. The summed E-state index contributed by atoms with van der Waals surface area (Å²) in [7, 11) is 5.05. The molecule has 0 fully saturated rings. The number of hydrogen-bond donors (Lipinski definition) is 0. The number of benzene rings is 1. The average Bonchev–Trinajstić information content (AvgIpc) is 3.07. The molecule has 0 saturated carbocycles. The fourth-order valence-corrected chi connectivity index (χ4v) is 3.07. The molecule has 1 aromatic heterocycles. The predicted molar refractivity (Wildman–Crippen MR) is 88.8 cm³/mol. The van der Waals surface area contributed by atoms with Crippen molar-refractivity contribution in [3.63, 3.8) is 0 Å². The van der Waals surface area contributed by atoms with Gasteiger partial charge in [0.1, 0.15) is 11.5 Å². The third-order valence-corrected chi connectivity index (χ3v) is 4.80. The Morgan fingerprint density at radius 1 is 1.27 bits per heavy atom. The van der Waals surface area contributed by atoms with E-state index in [1.807, 2.05) is 49.7 Å². The summed E-state index contributed by atoms with van der Waals surface area (Å²) in [6.45, 7) is 2.03. The van der Waals surface area contributed by atoms with Gasteiger partial charge in [-0.2, -0.15) is 0 Å². The molecule has 2 rings (SSSR count). The van der Waals surface area contributed by atoms with Gasteiger partial charge in [0.2, 0.25) is 5.91 Å². The SMILES string of the molecule is COc1ccc(OC)c(CC(=O)N(C)C(C)c2cccs2)c1. The first-order chi connectivity index (χ1) is 10.6. The molecule has 1 atom stereocenters. The van der Waals surface area contributed by atoms with Gasteiger partial charge in [0.05, 0.1) is 26.7 Å². The summed E-state index contributed by atoms with van der Waals surface area (Å²) in [6.07, 6.45) is 0.284. The third-order valence-electron chi connectivity index (χ3n) is 3.76. The van der Waals surface area contributed by atoms with E-state index in [0.29, 0.717) is 5.75 Å². The first-order valence-corrected chi connectivity index (χ1v) is 7.94. The molecule has 0 aliphatic rings. The molecule has 22 heavy (non-hydrogen) atoms. The Balaban J connectivity index is 2.14. The van der Waals surface area contributed by atoms with Crippen LogP contribution in [0.5, 0.6) is 11.5 Å². The van der Waals surface area contributed by atoms with Crippen LogP contribution in [-0.2, 0) is 11.2 Å². The van der Waals surface area contributed by atoms with Gasteiger partial charge in [-0.15, -0.1) is 11.3 Å². The van der Waals surface area contributed by atoms with E-state index in [2.05, 4.69) is 0 Å². The summed E-state index contributed by atoms with van der Waals surface area (Å²) in [5, 5.41) is 2.02. The van der Waals surface area contributed by atoms with Crippen molar-refractivity contribution in [1.82, 2.24) is 4.90 Å². The van der Waals surface area contributed by atoms with Gasteiger partial charge in [0.15, 0.2) is 0 Å². The second kappa shape index (κ2) is 7.31. The van der Waals surface area contributed by atoms with Gasteiger partial charge in [0, 0.05) is 17.5 Å². The standard InChI is InChI=1S/C17H21NO3S/c1-12(16-6-5-9-22-16)18(2)17(19)11-13-10-14(20-3)7-8-15(13)21-4/h5-10,12H,11H2,1-4H3. The highest BCUT2D eigenvalue weighted by Gasteiger charge is 2.20. The number of nitrogens with zero attached hydrogens (tertiary/aromatic N) is 1. The Bertz CT molecular complexity index is 625. The lowest BCUT2D eigenvalue weighted by atomic mass is 10.1. The highest BCUT2D eigenvalue weighted by molar-refractivity contribution is 7.10. The summed E-state index contributed by atoms with van der Waals surface area (Å²) in [5.74, 6) is 1.47. The topological polar surface area (TPSA) is 38.8 Å². The Kier molecular flexibility index (Phi) is 5.44. The van der Waals surface area contributed by atoms with E-state index < -0.39 is 0 Å². The van der Waals surface area contributed by atoms with E-state index in [9.17, 15) is 4.79 Å². The molecular formula is C17H21NO3S. The van der Waals surface area contributed by atoms with E-state index in [1.54, 1.807) is 30.5 Å². The number of carbonyl (C=O) groups is 1. The maximum Gasteiger partial charge on any atom is 0.227 e. The van der Waals surface area contributed by atoms with E-state index in [4.69, 9.17) is 9.47 Å². The first-order valence-electron chi connectivity index (χ1n) is 7.06. The number of hydrogen-bond acceptors (Lipinski definition) is 4. The summed E-state index contributed by atoms with van der Waals surface area (Å²) in [4.78, 5) is 15.5. The van der Waals surface area contributed by atoms with Gasteiger partial charge >= 0.3 is 0 Å². The van der Waals surface area contributed by atoms with Crippen molar-refractivity contribution in [3.8, 4) is 11.5 Å². The van der Waals surface area contributed by atoms with Crippen LogP contribution >= 0.6 is 11.3 Å². The Labute approximate surface area is 135 Å². The van der Waals surface area contributed by atoms with Gasteiger partial charge in [-0.25, -0.2) is 0 Å². The minimum Gasteiger partial charge on any atom is -0.497 e. The molecule has 118 valence electrons. The number of thiophene rings is 1. The van der Waals surface area contributed by atoms with Gasteiger partial charge in [-0.3, -0.25) is 4.79 Å².